The quantitative estimate of drug-likeness (QED) is 0.787. The predicted molar refractivity (Wildman–Crippen MR) is 79.5 cm³/mol. The third-order valence-corrected chi connectivity index (χ3v) is 4.46. The molecule has 2 aromatic rings. The van der Waals surface area contributed by atoms with Crippen molar-refractivity contribution >= 4 is 0 Å². The van der Waals surface area contributed by atoms with Gasteiger partial charge in [0, 0.05) is 18.5 Å². The third kappa shape index (κ3) is 2.15. The lowest BCUT2D eigenvalue weighted by Crippen LogP contribution is -2.34. The molecular formula is C18H19NO. The van der Waals surface area contributed by atoms with Crippen molar-refractivity contribution in [2.75, 3.05) is 19.8 Å². The fraction of sp³-hybridized carbons (Fsp3) is 0.333. The molecule has 2 aliphatic rings. The minimum absolute atomic E-state index is 0.392. The van der Waals surface area contributed by atoms with Crippen LogP contribution in [0.3, 0.4) is 0 Å². The topological polar surface area (TPSA) is 12.2 Å². The van der Waals surface area contributed by atoms with E-state index in [1.54, 1.807) is 0 Å². The van der Waals surface area contributed by atoms with Crippen LogP contribution in [0.2, 0.25) is 0 Å². The summed E-state index contributed by atoms with van der Waals surface area (Å²) in [7, 11) is 0. The number of hydrogen-bond acceptors (Lipinski definition) is 2. The molecule has 102 valence electrons. The Morgan fingerprint density at radius 2 is 1.40 bits per heavy atom. The highest BCUT2D eigenvalue weighted by Crippen LogP contribution is 2.41. The SMILES string of the molecule is c1ccc(C(c2ccccc2)N2C[C@@H]2C2COC2)cc1. The highest BCUT2D eigenvalue weighted by atomic mass is 16.5. The molecule has 2 saturated heterocycles. The maximum absolute atomic E-state index is 5.35. The molecule has 0 N–H and O–H groups in total. The van der Waals surface area contributed by atoms with E-state index in [1.807, 2.05) is 0 Å². The lowest BCUT2D eigenvalue weighted by molar-refractivity contribution is -0.0383. The monoisotopic (exact) mass is 265 g/mol. The first-order chi connectivity index (χ1) is 9.93. The van der Waals surface area contributed by atoms with Crippen LogP contribution in [0.4, 0.5) is 0 Å². The Labute approximate surface area is 120 Å². The summed E-state index contributed by atoms with van der Waals surface area (Å²) in [5.41, 5.74) is 2.78. The summed E-state index contributed by atoms with van der Waals surface area (Å²) in [6.07, 6.45) is 0. The van der Waals surface area contributed by atoms with Gasteiger partial charge >= 0.3 is 0 Å². The van der Waals surface area contributed by atoms with Crippen molar-refractivity contribution in [1.29, 1.82) is 0 Å². The molecule has 2 fully saturated rings. The van der Waals surface area contributed by atoms with Crippen LogP contribution in [0.25, 0.3) is 0 Å². The molecule has 0 aliphatic carbocycles. The molecule has 2 nitrogen and oxygen atoms in total. The van der Waals surface area contributed by atoms with Gasteiger partial charge in [-0.2, -0.15) is 0 Å². The molecule has 0 amide bonds. The average molecular weight is 265 g/mol. The average Bonchev–Trinajstić information content (AvgIpc) is 3.19. The maximum Gasteiger partial charge on any atom is 0.0605 e. The standard InChI is InChI=1S/C18H19NO/c1-3-7-14(8-4-1)18(15-9-5-2-6-10-15)19-11-17(19)16-12-20-13-16/h1-10,16-18H,11-13H2/t17-,19?/m1/s1. The van der Waals surface area contributed by atoms with Crippen LogP contribution < -0.4 is 0 Å². The molecule has 2 aliphatic heterocycles. The summed E-state index contributed by atoms with van der Waals surface area (Å²) in [6, 6.07) is 22.8. The molecule has 0 aromatic heterocycles. The van der Waals surface area contributed by atoms with Crippen molar-refractivity contribution < 1.29 is 4.74 Å². The van der Waals surface area contributed by atoms with E-state index < -0.39 is 0 Å². The van der Waals surface area contributed by atoms with Gasteiger partial charge in [0.1, 0.15) is 0 Å². The molecule has 0 spiro atoms. The summed E-state index contributed by atoms with van der Waals surface area (Å²) in [5.74, 6) is 0.741. The van der Waals surface area contributed by atoms with Gasteiger partial charge in [-0.1, -0.05) is 60.7 Å². The van der Waals surface area contributed by atoms with Crippen molar-refractivity contribution in [2.45, 2.75) is 12.1 Å². The number of hydrogen-bond donors (Lipinski definition) is 0. The Balaban J connectivity index is 1.64. The second-order valence-corrected chi connectivity index (χ2v) is 5.79. The Morgan fingerprint density at radius 3 is 1.85 bits per heavy atom. The van der Waals surface area contributed by atoms with Crippen LogP contribution in [0.15, 0.2) is 60.7 Å². The Bertz CT molecular complexity index is 525. The van der Waals surface area contributed by atoms with Gasteiger partial charge in [-0.05, 0) is 11.1 Å². The minimum atomic E-state index is 0.392. The van der Waals surface area contributed by atoms with Gasteiger partial charge in [-0.25, -0.2) is 0 Å². The number of nitrogens with zero attached hydrogens (tertiary/aromatic N) is 1. The number of ether oxygens (including phenoxy) is 1. The predicted octanol–water partition coefficient (Wildman–Crippen LogP) is 3.11. The first kappa shape index (κ1) is 12.1. The minimum Gasteiger partial charge on any atom is -0.381 e. The third-order valence-electron chi connectivity index (χ3n) is 4.46. The van der Waals surface area contributed by atoms with E-state index in [0.29, 0.717) is 12.1 Å². The zero-order valence-electron chi connectivity index (χ0n) is 11.5. The van der Waals surface area contributed by atoms with Crippen molar-refractivity contribution in [3.05, 3.63) is 71.8 Å². The van der Waals surface area contributed by atoms with Crippen molar-refractivity contribution in [1.82, 2.24) is 4.90 Å². The first-order valence-electron chi connectivity index (χ1n) is 7.37. The van der Waals surface area contributed by atoms with Crippen LogP contribution in [-0.4, -0.2) is 30.7 Å². The Hall–Kier alpha value is -1.64. The highest BCUT2D eigenvalue weighted by molar-refractivity contribution is 5.33. The van der Waals surface area contributed by atoms with Gasteiger partial charge in [0.25, 0.3) is 0 Å². The van der Waals surface area contributed by atoms with Gasteiger partial charge in [-0.15, -0.1) is 0 Å². The Morgan fingerprint density at radius 1 is 0.850 bits per heavy atom. The highest BCUT2D eigenvalue weighted by Gasteiger charge is 2.47. The van der Waals surface area contributed by atoms with Gasteiger partial charge < -0.3 is 4.74 Å². The number of benzene rings is 2. The van der Waals surface area contributed by atoms with E-state index in [0.717, 1.165) is 19.1 Å². The van der Waals surface area contributed by atoms with Crippen molar-refractivity contribution in [3.8, 4) is 0 Å². The molecule has 2 aromatic carbocycles. The van der Waals surface area contributed by atoms with Crippen LogP contribution in [0.5, 0.6) is 0 Å². The van der Waals surface area contributed by atoms with Gasteiger partial charge in [0.15, 0.2) is 0 Å². The fourth-order valence-electron chi connectivity index (χ4n) is 3.21. The summed E-state index contributed by atoms with van der Waals surface area (Å²) in [4.78, 5) is 2.61. The largest absolute Gasteiger partial charge is 0.381 e. The maximum atomic E-state index is 5.35. The van der Waals surface area contributed by atoms with Gasteiger partial charge in [0.05, 0.1) is 19.3 Å². The lowest BCUT2D eigenvalue weighted by atomic mass is 9.97. The van der Waals surface area contributed by atoms with Gasteiger partial charge in [-0.3, -0.25) is 4.90 Å². The smallest absolute Gasteiger partial charge is 0.0605 e. The fourth-order valence-corrected chi connectivity index (χ4v) is 3.21. The molecular weight excluding hydrogens is 246 g/mol. The molecule has 4 rings (SSSR count). The molecule has 2 heterocycles. The molecule has 20 heavy (non-hydrogen) atoms. The second kappa shape index (κ2) is 5.04. The van der Waals surface area contributed by atoms with Gasteiger partial charge in [0.2, 0.25) is 0 Å². The zero-order chi connectivity index (χ0) is 13.4. The molecule has 0 bridgehead atoms. The zero-order valence-corrected chi connectivity index (χ0v) is 11.5. The van der Waals surface area contributed by atoms with E-state index in [1.165, 1.54) is 17.7 Å². The summed E-state index contributed by atoms with van der Waals surface area (Å²) in [5, 5.41) is 0. The van der Waals surface area contributed by atoms with E-state index in [2.05, 4.69) is 65.6 Å². The van der Waals surface area contributed by atoms with Crippen LogP contribution >= 0.6 is 0 Å². The van der Waals surface area contributed by atoms with Crippen LogP contribution in [0, 0.1) is 5.92 Å². The first-order valence-corrected chi connectivity index (χ1v) is 7.37. The van der Waals surface area contributed by atoms with E-state index >= 15 is 0 Å². The molecule has 2 heteroatoms. The van der Waals surface area contributed by atoms with E-state index in [-0.39, 0.29) is 0 Å². The van der Waals surface area contributed by atoms with Crippen LogP contribution in [0.1, 0.15) is 17.2 Å². The summed E-state index contributed by atoms with van der Waals surface area (Å²) >= 11 is 0. The van der Waals surface area contributed by atoms with Crippen molar-refractivity contribution in [2.24, 2.45) is 5.92 Å². The second-order valence-electron chi connectivity index (χ2n) is 5.79. The van der Waals surface area contributed by atoms with E-state index in [4.69, 9.17) is 4.74 Å². The van der Waals surface area contributed by atoms with E-state index in [9.17, 15) is 0 Å². The normalized spacial score (nSPS) is 25.4. The van der Waals surface area contributed by atoms with Crippen LogP contribution in [-0.2, 0) is 4.74 Å². The molecule has 2 atom stereocenters. The van der Waals surface area contributed by atoms with Crippen molar-refractivity contribution in [3.63, 3.8) is 0 Å². The molecule has 0 saturated carbocycles. The molecule has 0 radical (unpaired) electrons. The molecule has 1 unspecified atom stereocenters. The lowest BCUT2D eigenvalue weighted by Gasteiger charge is -2.28. The number of rotatable bonds is 4. The summed E-state index contributed by atoms with van der Waals surface area (Å²) < 4.78 is 5.35. The Kier molecular flexibility index (Phi) is 3.06. The summed E-state index contributed by atoms with van der Waals surface area (Å²) in [6.45, 7) is 3.08.